The molecule has 5 unspecified atom stereocenters. The van der Waals surface area contributed by atoms with E-state index in [1.165, 1.54) is 0 Å². The van der Waals surface area contributed by atoms with Crippen LogP contribution in [0.1, 0.15) is 51.9 Å². The van der Waals surface area contributed by atoms with Crippen molar-refractivity contribution >= 4 is 5.96 Å². The standard InChI is InChI=1S/C17H28F3N3O/c1-2-21-16(23-14-9-12-7-8-15(14)24-12)22-10-11-5-3-4-6-13(11)17(18,19)20/h11-15H,2-10H2,1H3,(H2,21,22,23). The maximum atomic E-state index is 13.2. The summed E-state index contributed by atoms with van der Waals surface area (Å²) in [5.41, 5.74) is 0. The fourth-order valence-corrected chi connectivity index (χ4v) is 4.35. The third kappa shape index (κ3) is 4.16. The Morgan fingerprint density at radius 1 is 1.17 bits per heavy atom. The van der Waals surface area contributed by atoms with Gasteiger partial charge >= 0.3 is 6.18 Å². The second-order valence-corrected chi connectivity index (χ2v) is 7.27. The molecule has 2 heterocycles. The fraction of sp³-hybridized carbons (Fsp3) is 0.941. The van der Waals surface area contributed by atoms with Gasteiger partial charge in [0.25, 0.3) is 0 Å². The van der Waals surface area contributed by atoms with Gasteiger partial charge < -0.3 is 15.4 Å². The Balaban J connectivity index is 1.60. The summed E-state index contributed by atoms with van der Waals surface area (Å²) in [7, 11) is 0. The van der Waals surface area contributed by atoms with Crippen LogP contribution in [0.25, 0.3) is 0 Å². The number of nitrogens with one attached hydrogen (secondary N) is 2. The zero-order valence-electron chi connectivity index (χ0n) is 14.2. The van der Waals surface area contributed by atoms with Crippen LogP contribution in [0, 0.1) is 11.8 Å². The van der Waals surface area contributed by atoms with Crippen LogP contribution < -0.4 is 10.6 Å². The first kappa shape index (κ1) is 17.8. The molecule has 2 N–H and O–H groups in total. The van der Waals surface area contributed by atoms with E-state index in [0.717, 1.165) is 25.7 Å². The Kier molecular flexibility index (Phi) is 5.57. The van der Waals surface area contributed by atoms with Crippen LogP contribution in [0.2, 0.25) is 0 Å². The molecule has 4 nitrogen and oxygen atoms in total. The summed E-state index contributed by atoms with van der Waals surface area (Å²) in [6.07, 6.45) is 1.99. The van der Waals surface area contributed by atoms with E-state index >= 15 is 0 Å². The SMILES string of the molecule is CCNC(=NCC1CCCCC1C(F)(F)F)NC1CC2CCC1O2. The Morgan fingerprint density at radius 2 is 1.96 bits per heavy atom. The van der Waals surface area contributed by atoms with Crippen molar-refractivity contribution in [2.75, 3.05) is 13.1 Å². The van der Waals surface area contributed by atoms with E-state index in [1.54, 1.807) is 0 Å². The van der Waals surface area contributed by atoms with Crippen molar-refractivity contribution in [3.63, 3.8) is 0 Å². The molecule has 5 atom stereocenters. The predicted octanol–water partition coefficient (Wildman–Crippen LogP) is 3.23. The van der Waals surface area contributed by atoms with Crippen molar-refractivity contribution in [2.24, 2.45) is 16.8 Å². The second-order valence-electron chi connectivity index (χ2n) is 7.27. The van der Waals surface area contributed by atoms with E-state index < -0.39 is 18.0 Å². The maximum Gasteiger partial charge on any atom is 0.392 e. The summed E-state index contributed by atoms with van der Waals surface area (Å²) < 4.78 is 45.4. The number of nitrogens with zero attached hydrogens (tertiary/aromatic N) is 1. The molecule has 0 aromatic heterocycles. The van der Waals surface area contributed by atoms with Crippen molar-refractivity contribution in [3.8, 4) is 0 Å². The number of ether oxygens (including phenoxy) is 1. The monoisotopic (exact) mass is 347 g/mol. The minimum atomic E-state index is -4.11. The number of guanidine groups is 1. The molecule has 2 bridgehead atoms. The highest BCUT2D eigenvalue weighted by Crippen LogP contribution is 2.41. The number of alkyl halides is 3. The second kappa shape index (κ2) is 7.50. The Bertz CT molecular complexity index is 455. The van der Waals surface area contributed by atoms with Gasteiger partial charge in [-0.2, -0.15) is 13.2 Å². The summed E-state index contributed by atoms with van der Waals surface area (Å²) in [5.74, 6) is -0.973. The van der Waals surface area contributed by atoms with Gasteiger partial charge in [-0.1, -0.05) is 12.8 Å². The third-order valence-corrected chi connectivity index (χ3v) is 5.59. The Labute approximate surface area is 141 Å². The molecular formula is C17H28F3N3O. The maximum absolute atomic E-state index is 13.2. The number of rotatable bonds is 4. The van der Waals surface area contributed by atoms with Crippen LogP contribution in [-0.2, 0) is 4.74 Å². The molecule has 0 aromatic carbocycles. The summed E-state index contributed by atoms with van der Waals surface area (Å²) >= 11 is 0. The Hall–Kier alpha value is -0.980. The van der Waals surface area contributed by atoms with Gasteiger partial charge in [0.15, 0.2) is 5.96 Å². The summed E-state index contributed by atoms with van der Waals surface area (Å²) in [5, 5.41) is 6.54. The van der Waals surface area contributed by atoms with E-state index in [2.05, 4.69) is 15.6 Å². The van der Waals surface area contributed by atoms with Crippen LogP contribution in [0.15, 0.2) is 4.99 Å². The van der Waals surface area contributed by atoms with E-state index in [4.69, 9.17) is 4.74 Å². The lowest BCUT2D eigenvalue weighted by molar-refractivity contribution is -0.195. The van der Waals surface area contributed by atoms with E-state index in [1.807, 2.05) is 6.92 Å². The topological polar surface area (TPSA) is 45.7 Å². The normalized spacial score (nSPS) is 36.8. The molecule has 1 aliphatic carbocycles. The van der Waals surface area contributed by atoms with Crippen LogP contribution in [0.5, 0.6) is 0 Å². The molecule has 0 spiro atoms. The lowest BCUT2D eigenvalue weighted by atomic mass is 9.79. The first-order valence-electron chi connectivity index (χ1n) is 9.24. The summed E-state index contributed by atoms with van der Waals surface area (Å²) in [6.45, 7) is 2.90. The van der Waals surface area contributed by atoms with Gasteiger partial charge in [0.2, 0.25) is 0 Å². The zero-order valence-corrected chi connectivity index (χ0v) is 14.2. The van der Waals surface area contributed by atoms with Gasteiger partial charge in [-0.3, -0.25) is 4.99 Å². The van der Waals surface area contributed by atoms with Gasteiger partial charge in [-0.15, -0.1) is 0 Å². The predicted molar refractivity (Wildman–Crippen MR) is 86.9 cm³/mol. The molecule has 2 aliphatic heterocycles. The minimum Gasteiger partial charge on any atom is -0.373 e. The van der Waals surface area contributed by atoms with Gasteiger partial charge in [0.05, 0.1) is 24.2 Å². The third-order valence-electron chi connectivity index (χ3n) is 5.59. The molecule has 3 rings (SSSR count). The Morgan fingerprint density at radius 3 is 2.58 bits per heavy atom. The largest absolute Gasteiger partial charge is 0.392 e. The zero-order chi connectivity index (χ0) is 17.2. The molecule has 0 radical (unpaired) electrons. The highest BCUT2D eigenvalue weighted by molar-refractivity contribution is 5.80. The van der Waals surface area contributed by atoms with Gasteiger partial charge in [-0.05, 0) is 44.9 Å². The molecule has 1 saturated carbocycles. The number of hydrogen-bond acceptors (Lipinski definition) is 2. The summed E-state index contributed by atoms with van der Waals surface area (Å²) in [4.78, 5) is 4.49. The summed E-state index contributed by atoms with van der Waals surface area (Å²) in [6, 6.07) is 0.228. The van der Waals surface area contributed by atoms with Crippen LogP contribution in [0.3, 0.4) is 0 Å². The molecule has 0 aromatic rings. The quantitative estimate of drug-likeness (QED) is 0.606. The number of aliphatic imine (C=N–C) groups is 1. The fourth-order valence-electron chi connectivity index (χ4n) is 4.35. The molecule has 0 amide bonds. The van der Waals surface area contributed by atoms with Gasteiger partial charge in [-0.25, -0.2) is 0 Å². The highest BCUT2D eigenvalue weighted by atomic mass is 19.4. The van der Waals surface area contributed by atoms with Gasteiger partial charge in [0.1, 0.15) is 0 Å². The van der Waals surface area contributed by atoms with Crippen LogP contribution in [0.4, 0.5) is 13.2 Å². The van der Waals surface area contributed by atoms with Crippen LogP contribution in [-0.4, -0.2) is 43.5 Å². The first-order valence-corrected chi connectivity index (χ1v) is 9.24. The molecule has 3 fully saturated rings. The molecular weight excluding hydrogens is 319 g/mol. The molecule has 24 heavy (non-hydrogen) atoms. The van der Waals surface area contributed by atoms with E-state index in [-0.39, 0.29) is 25.1 Å². The van der Waals surface area contributed by atoms with Crippen LogP contribution >= 0.6 is 0 Å². The average molecular weight is 347 g/mol. The molecule has 7 heteroatoms. The van der Waals surface area contributed by atoms with Gasteiger partial charge in [0, 0.05) is 13.1 Å². The molecule has 138 valence electrons. The van der Waals surface area contributed by atoms with Crippen molar-refractivity contribution < 1.29 is 17.9 Å². The first-order chi connectivity index (χ1) is 11.5. The van der Waals surface area contributed by atoms with Crippen molar-refractivity contribution in [1.29, 1.82) is 0 Å². The van der Waals surface area contributed by atoms with Crippen molar-refractivity contribution in [2.45, 2.75) is 76.3 Å². The molecule has 2 saturated heterocycles. The average Bonchev–Trinajstić information content (AvgIpc) is 3.15. The number of fused-ring (bicyclic) bond motifs is 2. The van der Waals surface area contributed by atoms with E-state index in [9.17, 15) is 13.2 Å². The highest BCUT2D eigenvalue weighted by Gasteiger charge is 2.45. The lowest BCUT2D eigenvalue weighted by Crippen LogP contribution is -2.47. The van der Waals surface area contributed by atoms with Crippen molar-refractivity contribution in [1.82, 2.24) is 10.6 Å². The number of hydrogen-bond donors (Lipinski definition) is 2. The smallest absolute Gasteiger partial charge is 0.373 e. The minimum absolute atomic E-state index is 0.219. The molecule has 3 aliphatic rings. The van der Waals surface area contributed by atoms with Crippen molar-refractivity contribution in [3.05, 3.63) is 0 Å². The van der Waals surface area contributed by atoms with E-state index in [0.29, 0.717) is 31.4 Å². The lowest BCUT2D eigenvalue weighted by Gasteiger charge is -2.32. The number of halogens is 3.